The highest BCUT2D eigenvalue weighted by Crippen LogP contribution is 1.95. The minimum atomic E-state index is 0.205. The molecule has 0 aromatic heterocycles. The Morgan fingerprint density at radius 2 is 1.80 bits per heavy atom. The third-order valence-electron chi connectivity index (χ3n) is 2.03. The van der Waals surface area contributed by atoms with Crippen LogP contribution in [0, 0.1) is 0 Å². The van der Waals surface area contributed by atoms with E-state index >= 15 is 0 Å². The van der Waals surface area contributed by atoms with Gasteiger partial charge in [-0.25, -0.2) is 0 Å². The third kappa shape index (κ3) is 11.8. The monoisotopic (exact) mass is 219 g/mol. The predicted molar refractivity (Wildman–Crippen MR) is 61.3 cm³/mol. The highest BCUT2D eigenvalue weighted by atomic mass is 16.5. The fourth-order valence-corrected chi connectivity index (χ4v) is 1.22. The fraction of sp³-hybridized carbons (Fsp3) is 1.00. The summed E-state index contributed by atoms with van der Waals surface area (Å²) < 4.78 is 15.4. The van der Waals surface area contributed by atoms with E-state index in [0.29, 0.717) is 6.61 Å². The zero-order valence-corrected chi connectivity index (χ0v) is 10.3. The van der Waals surface area contributed by atoms with Gasteiger partial charge >= 0.3 is 0 Å². The minimum Gasteiger partial charge on any atom is -0.383 e. The summed E-state index contributed by atoms with van der Waals surface area (Å²) in [4.78, 5) is 0. The van der Waals surface area contributed by atoms with Crippen LogP contribution >= 0.6 is 0 Å². The van der Waals surface area contributed by atoms with Crippen molar-refractivity contribution in [3.8, 4) is 0 Å². The molecule has 0 spiro atoms. The van der Waals surface area contributed by atoms with Crippen LogP contribution in [0.25, 0.3) is 0 Å². The van der Waals surface area contributed by atoms with Gasteiger partial charge in [0.1, 0.15) is 0 Å². The maximum atomic E-state index is 5.53. The molecule has 4 nitrogen and oxygen atoms in total. The fourth-order valence-electron chi connectivity index (χ4n) is 1.22. The van der Waals surface area contributed by atoms with E-state index in [1.807, 2.05) is 6.92 Å². The van der Waals surface area contributed by atoms with Crippen LogP contribution in [0.5, 0.6) is 0 Å². The molecule has 0 aliphatic carbocycles. The van der Waals surface area contributed by atoms with Crippen molar-refractivity contribution in [2.75, 3.05) is 47.1 Å². The normalized spacial score (nSPS) is 13.0. The molecule has 0 aliphatic heterocycles. The van der Waals surface area contributed by atoms with Gasteiger partial charge in [-0.2, -0.15) is 0 Å². The average molecular weight is 219 g/mol. The first-order valence-electron chi connectivity index (χ1n) is 5.61. The maximum absolute atomic E-state index is 5.53. The summed E-state index contributed by atoms with van der Waals surface area (Å²) in [7, 11) is 3.41. The third-order valence-corrected chi connectivity index (χ3v) is 2.03. The molecule has 1 unspecified atom stereocenters. The van der Waals surface area contributed by atoms with Crippen LogP contribution in [0.2, 0.25) is 0 Å². The molecule has 0 amide bonds. The Bertz CT molecular complexity index is 122. The van der Waals surface area contributed by atoms with Crippen molar-refractivity contribution in [3.05, 3.63) is 0 Å². The van der Waals surface area contributed by atoms with Crippen molar-refractivity contribution in [1.82, 2.24) is 5.32 Å². The Morgan fingerprint density at radius 3 is 2.47 bits per heavy atom. The van der Waals surface area contributed by atoms with E-state index in [-0.39, 0.29) is 6.10 Å². The van der Waals surface area contributed by atoms with Crippen LogP contribution in [-0.2, 0) is 14.2 Å². The Hall–Kier alpha value is -0.160. The molecular weight excluding hydrogens is 194 g/mol. The lowest BCUT2D eigenvalue weighted by molar-refractivity contribution is 0.00780. The maximum Gasteiger partial charge on any atom is 0.0780 e. The van der Waals surface area contributed by atoms with Crippen molar-refractivity contribution < 1.29 is 14.2 Å². The van der Waals surface area contributed by atoms with Crippen LogP contribution in [0.15, 0.2) is 0 Å². The van der Waals surface area contributed by atoms with Crippen LogP contribution in [-0.4, -0.2) is 53.2 Å². The molecule has 15 heavy (non-hydrogen) atoms. The van der Waals surface area contributed by atoms with Gasteiger partial charge in [-0.3, -0.25) is 0 Å². The van der Waals surface area contributed by atoms with Crippen molar-refractivity contribution >= 4 is 0 Å². The molecule has 0 saturated heterocycles. The molecule has 0 fully saturated rings. The summed E-state index contributed by atoms with van der Waals surface area (Å²) >= 11 is 0. The molecule has 0 radical (unpaired) electrons. The second-order valence-electron chi connectivity index (χ2n) is 3.59. The Morgan fingerprint density at radius 1 is 1.00 bits per heavy atom. The quantitative estimate of drug-likeness (QED) is 0.527. The number of methoxy groups -OCH3 is 2. The number of ether oxygens (including phenoxy) is 3. The van der Waals surface area contributed by atoms with Gasteiger partial charge < -0.3 is 19.5 Å². The van der Waals surface area contributed by atoms with Gasteiger partial charge in [-0.05, 0) is 26.3 Å². The molecule has 0 saturated carbocycles. The molecular formula is C11H25NO3. The first kappa shape index (κ1) is 14.8. The second kappa shape index (κ2) is 11.9. The highest BCUT2D eigenvalue weighted by molar-refractivity contribution is 4.50. The van der Waals surface area contributed by atoms with Crippen LogP contribution in [0.4, 0.5) is 0 Å². The first-order valence-corrected chi connectivity index (χ1v) is 5.61. The van der Waals surface area contributed by atoms with E-state index in [0.717, 1.165) is 39.1 Å². The molecule has 1 atom stereocenters. The smallest absolute Gasteiger partial charge is 0.0780 e. The molecule has 0 aliphatic rings. The molecule has 4 heteroatoms. The summed E-state index contributed by atoms with van der Waals surface area (Å²) in [5.41, 5.74) is 0. The molecule has 0 bridgehead atoms. The minimum absolute atomic E-state index is 0.205. The summed E-state index contributed by atoms with van der Waals surface area (Å²) in [6.45, 7) is 6.26. The van der Waals surface area contributed by atoms with Crippen molar-refractivity contribution in [3.63, 3.8) is 0 Å². The molecule has 0 aromatic rings. The average Bonchev–Trinajstić information content (AvgIpc) is 2.22. The van der Waals surface area contributed by atoms with Gasteiger partial charge in [0.2, 0.25) is 0 Å². The predicted octanol–water partition coefficient (Wildman–Crippen LogP) is 1.05. The topological polar surface area (TPSA) is 39.7 Å². The SMILES string of the molecule is COCCNCCCCOC(C)COC. The first-order chi connectivity index (χ1) is 7.31. The molecule has 1 N–H and O–H groups in total. The molecule has 92 valence electrons. The molecule has 0 aromatic carbocycles. The summed E-state index contributed by atoms with van der Waals surface area (Å²) in [6.07, 6.45) is 2.44. The van der Waals surface area contributed by atoms with Crippen molar-refractivity contribution in [2.24, 2.45) is 0 Å². The Balaban J connectivity index is 2.98. The van der Waals surface area contributed by atoms with E-state index in [4.69, 9.17) is 14.2 Å². The summed E-state index contributed by atoms with van der Waals surface area (Å²) in [6, 6.07) is 0. The second-order valence-corrected chi connectivity index (χ2v) is 3.59. The molecule has 0 rings (SSSR count). The van der Waals surface area contributed by atoms with Gasteiger partial charge in [0.05, 0.1) is 19.3 Å². The van der Waals surface area contributed by atoms with Crippen LogP contribution in [0.1, 0.15) is 19.8 Å². The van der Waals surface area contributed by atoms with Gasteiger partial charge in [-0.1, -0.05) is 0 Å². The van der Waals surface area contributed by atoms with E-state index in [2.05, 4.69) is 5.32 Å². The Labute approximate surface area is 93.3 Å². The summed E-state index contributed by atoms with van der Waals surface area (Å²) in [5, 5.41) is 3.29. The van der Waals surface area contributed by atoms with Crippen molar-refractivity contribution in [1.29, 1.82) is 0 Å². The van der Waals surface area contributed by atoms with Gasteiger partial charge in [0.25, 0.3) is 0 Å². The number of hydrogen-bond acceptors (Lipinski definition) is 4. The largest absolute Gasteiger partial charge is 0.383 e. The zero-order chi connectivity index (χ0) is 11.4. The van der Waals surface area contributed by atoms with Gasteiger partial charge in [0.15, 0.2) is 0 Å². The van der Waals surface area contributed by atoms with E-state index < -0.39 is 0 Å². The lowest BCUT2D eigenvalue weighted by Crippen LogP contribution is -2.21. The number of nitrogens with one attached hydrogen (secondary N) is 1. The summed E-state index contributed by atoms with van der Waals surface area (Å²) in [5.74, 6) is 0. The number of unbranched alkanes of at least 4 members (excludes halogenated alkanes) is 1. The van der Waals surface area contributed by atoms with Crippen LogP contribution < -0.4 is 5.32 Å². The number of hydrogen-bond donors (Lipinski definition) is 1. The van der Waals surface area contributed by atoms with E-state index in [1.54, 1.807) is 14.2 Å². The number of rotatable bonds is 11. The van der Waals surface area contributed by atoms with Gasteiger partial charge in [-0.15, -0.1) is 0 Å². The van der Waals surface area contributed by atoms with Gasteiger partial charge in [0, 0.05) is 27.4 Å². The van der Waals surface area contributed by atoms with Crippen molar-refractivity contribution in [2.45, 2.75) is 25.9 Å². The van der Waals surface area contributed by atoms with Crippen LogP contribution in [0.3, 0.4) is 0 Å². The lowest BCUT2D eigenvalue weighted by Gasteiger charge is -2.11. The standard InChI is InChI=1S/C11H25NO3/c1-11(10-14-3)15-8-5-4-6-12-7-9-13-2/h11-12H,4-10H2,1-3H3. The Kier molecular flexibility index (Phi) is 11.8. The van der Waals surface area contributed by atoms with E-state index in [9.17, 15) is 0 Å². The van der Waals surface area contributed by atoms with E-state index in [1.165, 1.54) is 0 Å². The lowest BCUT2D eigenvalue weighted by atomic mass is 10.3. The molecule has 0 heterocycles. The zero-order valence-electron chi connectivity index (χ0n) is 10.3. The highest BCUT2D eigenvalue weighted by Gasteiger charge is 1.99.